The third kappa shape index (κ3) is 4.82. The van der Waals surface area contributed by atoms with Gasteiger partial charge >= 0.3 is 0 Å². The first kappa shape index (κ1) is 20.7. The molecule has 5 nitrogen and oxygen atoms in total. The van der Waals surface area contributed by atoms with E-state index in [-0.39, 0.29) is 21.4 Å². The molecule has 0 fully saturated rings. The molecule has 1 amide bonds. The molecule has 7 heteroatoms. The van der Waals surface area contributed by atoms with Crippen LogP contribution in [0.3, 0.4) is 0 Å². The van der Waals surface area contributed by atoms with Gasteiger partial charge in [-0.1, -0.05) is 31.5 Å². The van der Waals surface area contributed by atoms with Crippen LogP contribution in [0.2, 0.25) is 5.02 Å². The number of hydrogen-bond acceptors (Lipinski definition) is 3. The monoisotopic (exact) mass is 372 g/mol. The van der Waals surface area contributed by atoms with E-state index in [4.69, 9.17) is 11.6 Å². The fraction of sp³-hybridized carbons (Fsp3) is 0.471. The lowest BCUT2D eigenvalue weighted by atomic mass is 10.2. The molecule has 134 valence electrons. The van der Waals surface area contributed by atoms with Crippen molar-refractivity contribution in [1.29, 1.82) is 0 Å². The van der Waals surface area contributed by atoms with Crippen molar-refractivity contribution in [2.45, 2.75) is 31.6 Å². The zero-order valence-electron chi connectivity index (χ0n) is 14.5. The van der Waals surface area contributed by atoms with Gasteiger partial charge in [0.15, 0.2) is 0 Å². The minimum absolute atomic E-state index is 0.0819. The maximum absolute atomic E-state index is 12.6. The highest BCUT2D eigenvalue weighted by Crippen LogP contribution is 2.24. The van der Waals surface area contributed by atoms with Crippen molar-refractivity contribution in [2.75, 3.05) is 26.7 Å². The van der Waals surface area contributed by atoms with Crippen LogP contribution >= 0.6 is 11.6 Å². The Labute approximate surface area is 150 Å². The lowest BCUT2D eigenvalue weighted by Crippen LogP contribution is -2.31. The van der Waals surface area contributed by atoms with Crippen LogP contribution in [0.25, 0.3) is 0 Å². The van der Waals surface area contributed by atoms with E-state index in [1.165, 1.54) is 22.5 Å². The summed E-state index contributed by atoms with van der Waals surface area (Å²) in [5, 5.41) is 0.245. The van der Waals surface area contributed by atoms with E-state index in [1.807, 2.05) is 0 Å². The van der Waals surface area contributed by atoms with Crippen molar-refractivity contribution in [3.8, 4) is 0 Å². The molecule has 1 aromatic rings. The summed E-state index contributed by atoms with van der Waals surface area (Å²) in [6, 6.07) is 4.26. The largest absolute Gasteiger partial charge is 0.342 e. The average molecular weight is 373 g/mol. The van der Waals surface area contributed by atoms with Crippen LogP contribution < -0.4 is 0 Å². The Kier molecular flexibility index (Phi) is 7.93. The number of amides is 1. The van der Waals surface area contributed by atoms with Gasteiger partial charge in [-0.2, -0.15) is 4.31 Å². The van der Waals surface area contributed by atoms with Gasteiger partial charge in [0.1, 0.15) is 0 Å². The molecule has 0 atom stereocenters. The number of carbonyl (C=O) groups excluding carboxylic acids is 1. The maximum Gasteiger partial charge on any atom is 0.255 e. The fourth-order valence-electron chi connectivity index (χ4n) is 2.32. The third-order valence-corrected chi connectivity index (χ3v) is 6.14. The van der Waals surface area contributed by atoms with Crippen LogP contribution in [0.1, 0.15) is 37.0 Å². The summed E-state index contributed by atoms with van der Waals surface area (Å²) in [6.45, 7) is 8.48. The van der Waals surface area contributed by atoms with Crippen LogP contribution in [0.4, 0.5) is 0 Å². The number of unbranched alkanes of at least 4 members (excludes halogenated alkanes) is 1. The molecule has 0 unspecified atom stereocenters. The second-order valence-electron chi connectivity index (χ2n) is 5.39. The van der Waals surface area contributed by atoms with Crippen LogP contribution in [-0.2, 0) is 10.0 Å². The predicted molar refractivity (Wildman–Crippen MR) is 98.0 cm³/mol. The Bertz CT molecular complexity index is 685. The first-order chi connectivity index (χ1) is 11.3. The molecule has 24 heavy (non-hydrogen) atoms. The zero-order valence-corrected chi connectivity index (χ0v) is 16.0. The van der Waals surface area contributed by atoms with E-state index in [1.54, 1.807) is 31.9 Å². The topological polar surface area (TPSA) is 57.7 Å². The number of allylic oxidation sites excluding steroid dienone is 1. The van der Waals surface area contributed by atoms with Gasteiger partial charge in [-0.05, 0) is 31.0 Å². The summed E-state index contributed by atoms with van der Waals surface area (Å²) >= 11 is 6.12. The molecule has 0 saturated heterocycles. The number of sulfonamides is 1. The minimum Gasteiger partial charge on any atom is -0.342 e. The molecule has 1 rings (SSSR count). The number of halogens is 1. The summed E-state index contributed by atoms with van der Waals surface area (Å²) in [5.41, 5.74) is 0.200. The van der Waals surface area contributed by atoms with Crippen LogP contribution in [-0.4, -0.2) is 50.2 Å². The second kappa shape index (κ2) is 9.20. The van der Waals surface area contributed by atoms with Crippen molar-refractivity contribution in [1.82, 2.24) is 9.21 Å². The van der Waals surface area contributed by atoms with E-state index in [0.717, 1.165) is 12.8 Å². The number of nitrogens with zero attached hydrogens (tertiary/aromatic N) is 2. The Morgan fingerprint density at radius 2 is 1.92 bits per heavy atom. The lowest BCUT2D eigenvalue weighted by molar-refractivity contribution is 0.0794. The normalized spacial score (nSPS) is 11.5. The Morgan fingerprint density at radius 3 is 2.46 bits per heavy atom. The maximum atomic E-state index is 12.6. The van der Waals surface area contributed by atoms with Crippen molar-refractivity contribution in [2.24, 2.45) is 0 Å². The molecule has 0 aromatic heterocycles. The molecule has 0 saturated carbocycles. The highest BCUT2D eigenvalue weighted by Gasteiger charge is 2.24. The summed E-state index contributed by atoms with van der Waals surface area (Å²) in [7, 11) is -1.96. The lowest BCUT2D eigenvalue weighted by Gasteiger charge is -2.20. The highest BCUT2D eigenvalue weighted by atomic mass is 35.5. The van der Waals surface area contributed by atoms with E-state index in [2.05, 4.69) is 6.58 Å². The van der Waals surface area contributed by atoms with Gasteiger partial charge in [0.2, 0.25) is 10.0 Å². The van der Waals surface area contributed by atoms with E-state index in [0.29, 0.717) is 19.6 Å². The average Bonchev–Trinajstić information content (AvgIpc) is 2.55. The van der Waals surface area contributed by atoms with Gasteiger partial charge in [0.05, 0.1) is 15.5 Å². The predicted octanol–water partition coefficient (Wildman–Crippen LogP) is 3.41. The van der Waals surface area contributed by atoms with Crippen molar-refractivity contribution in [3.05, 3.63) is 41.4 Å². The van der Waals surface area contributed by atoms with Gasteiger partial charge in [-0.25, -0.2) is 8.42 Å². The third-order valence-electron chi connectivity index (χ3n) is 3.76. The summed E-state index contributed by atoms with van der Waals surface area (Å²) in [6.07, 6.45) is 3.39. The molecule has 0 N–H and O–H groups in total. The van der Waals surface area contributed by atoms with Gasteiger partial charge in [0.25, 0.3) is 5.91 Å². The Hall–Kier alpha value is -1.37. The molecule has 0 aliphatic carbocycles. The second-order valence-corrected chi connectivity index (χ2v) is 7.73. The van der Waals surface area contributed by atoms with Crippen molar-refractivity contribution < 1.29 is 13.2 Å². The molecule has 1 aromatic carbocycles. The quantitative estimate of drug-likeness (QED) is 0.493. The minimum atomic E-state index is -3.63. The van der Waals surface area contributed by atoms with Crippen molar-refractivity contribution in [3.63, 3.8) is 0 Å². The number of benzene rings is 1. The number of rotatable bonds is 9. The summed E-state index contributed by atoms with van der Waals surface area (Å²) in [4.78, 5) is 14.2. The van der Waals surface area contributed by atoms with E-state index in [9.17, 15) is 13.2 Å². The van der Waals surface area contributed by atoms with Gasteiger partial charge in [-0.15, -0.1) is 6.58 Å². The van der Waals surface area contributed by atoms with Gasteiger partial charge in [-0.3, -0.25) is 4.79 Å². The van der Waals surface area contributed by atoms with Crippen molar-refractivity contribution >= 4 is 27.5 Å². The molecule has 0 bridgehead atoms. The summed E-state index contributed by atoms with van der Waals surface area (Å²) < 4.78 is 26.6. The van der Waals surface area contributed by atoms with Crippen LogP contribution in [0.5, 0.6) is 0 Å². The summed E-state index contributed by atoms with van der Waals surface area (Å²) in [5.74, 6) is -0.291. The Balaban J connectivity index is 3.14. The van der Waals surface area contributed by atoms with Crippen LogP contribution in [0, 0.1) is 0 Å². The molecule has 0 aliphatic rings. The molecule has 0 heterocycles. The van der Waals surface area contributed by atoms with Gasteiger partial charge < -0.3 is 4.90 Å². The first-order valence-electron chi connectivity index (χ1n) is 7.95. The smallest absolute Gasteiger partial charge is 0.255 e. The standard InChI is InChI=1S/C17H25ClN2O3S/c1-5-8-9-12-19(4)17(21)15-13-14(10-11-16(15)18)24(22,23)20(6-2)7-3/h5,10-11,13H,1,6-9,12H2,2-4H3. The number of carbonyl (C=O) groups is 1. The molecule has 0 aliphatic heterocycles. The molecular formula is C17H25ClN2O3S. The fourth-order valence-corrected chi connectivity index (χ4v) is 4.00. The molecule has 0 spiro atoms. The zero-order chi connectivity index (χ0) is 18.3. The highest BCUT2D eigenvalue weighted by molar-refractivity contribution is 7.89. The van der Waals surface area contributed by atoms with Gasteiger partial charge in [0, 0.05) is 26.7 Å². The van der Waals surface area contributed by atoms with E-state index < -0.39 is 10.0 Å². The SMILES string of the molecule is C=CCCCN(C)C(=O)c1cc(S(=O)(=O)N(CC)CC)ccc1Cl. The molecular weight excluding hydrogens is 348 g/mol. The number of hydrogen-bond donors (Lipinski definition) is 0. The molecule has 0 radical (unpaired) electrons. The Morgan fingerprint density at radius 1 is 1.29 bits per heavy atom. The van der Waals surface area contributed by atoms with Crippen LogP contribution in [0.15, 0.2) is 35.7 Å². The first-order valence-corrected chi connectivity index (χ1v) is 9.77. The van der Waals surface area contributed by atoms with E-state index >= 15 is 0 Å².